The number of aliphatic hydroxyl groups is 1. The minimum Gasteiger partial charge on any atom is -0.464 e. The third-order valence-electron chi connectivity index (χ3n) is 4.45. The number of fused-ring (bicyclic) bond motifs is 2. The Balaban J connectivity index is 2.03. The van der Waals surface area contributed by atoms with E-state index in [-0.39, 0.29) is 5.15 Å². The van der Waals surface area contributed by atoms with E-state index in [0.717, 1.165) is 10.9 Å². The van der Waals surface area contributed by atoms with Gasteiger partial charge in [-0.25, -0.2) is 14.3 Å². The van der Waals surface area contributed by atoms with Crippen LogP contribution in [0.3, 0.4) is 0 Å². The lowest BCUT2D eigenvalue weighted by molar-refractivity contribution is 0.198. The van der Waals surface area contributed by atoms with E-state index in [0.29, 0.717) is 27.7 Å². The highest BCUT2D eigenvalue weighted by Gasteiger charge is 2.19. The van der Waals surface area contributed by atoms with Crippen molar-refractivity contribution in [3.63, 3.8) is 0 Å². The van der Waals surface area contributed by atoms with Crippen molar-refractivity contribution in [1.82, 2.24) is 9.55 Å². The normalized spacial score (nSPS) is 12.6. The SMILES string of the molecule is CC(O)c1ccc2c(c1)cc(-c1cc3ccccc3nc1Cl)n2C(=O)O. The maximum Gasteiger partial charge on any atom is 0.416 e. The highest BCUT2D eigenvalue weighted by Crippen LogP contribution is 2.34. The van der Waals surface area contributed by atoms with Crippen LogP contribution in [0.25, 0.3) is 33.1 Å². The minimum atomic E-state index is -1.11. The Hall–Kier alpha value is -2.89. The monoisotopic (exact) mass is 366 g/mol. The Labute approximate surface area is 154 Å². The number of carbonyl (C=O) groups is 1. The lowest BCUT2D eigenvalue weighted by Crippen LogP contribution is -2.09. The van der Waals surface area contributed by atoms with Crippen molar-refractivity contribution in [2.24, 2.45) is 0 Å². The van der Waals surface area contributed by atoms with Crippen LogP contribution in [0.15, 0.2) is 54.6 Å². The maximum atomic E-state index is 11.9. The molecular weight excluding hydrogens is 352 g/mol. The van der Waals surface area contributed by atoms with Gasteiger partial charge in [-0.15, -0.1) is 0 Å². The third kappa shape index (κ3) is 2.62. The molecule has 5 nitrogen and oxygen atoms in total. The number of para-hydroxylation sites is 1. The van der Waals surface area contributed by atoms with Gasteiger partial charge in [0, 0.05) is 16.3 Å². The van der Waals surface area contributed by atoms with Crippen molar-refractivity contribution in [1.29, 1.82) is 0 Å². The summed E-state index contributed by atoms with van der Waals surface area (Å²) in [5, 5.41) is 21.4. The quantitative estimate of drug-likeness (QED) is 0.484. The summed E-state index contributed by atoms with van der Waals surface area (Å²) in [6.07, 6.45) is -1.74. The molecule has 2 heterocycles. The second-order valence-electron chi connectivity index (χ2n) is 6.16. The number of hydrogen-bond donors (Lipinski definition) is 2. The largest absolute Gasteiger partial charge is 0.464 e. The summed E-state index contributed by atoms with van der Waals surface area (Å²) in [6.45, 7) is 1.67. The van der Waals surface area contributed by atoms with E-state index >= 15 is 0 Å². The molecule has 0 bridgehead atoms. The number of benzene rings is 2. The zero-order chi connectivity index (χ0) is 18.4. The molecule has 2 aromatic heterocycles. The van der Waals surface area contributed by atoms with Crippen LogP contribution in [-0.4, -0.2) is 25.9 Å². The summed E-state index contributed by atoms with van der Waals surface area (Å²) in [5.41, 5.74) is 2.98. The molecule has 0 radical (unpaired) electrons. The van der Waals surface area contributed by atoms with Crippen LogP contribution in [0.2, 0.25) is 5.15 Å². The van der Waals surface area contributed by atoms with Crippen LogP contribution >= 0.6 is 11.6 Å². The van der Waals surface area contributed by atoms with E-state index in [1.54, 1.807) is 31.2 Å². The molecular formula is C20H15ClN2O3. The van der Waals surface area contributed by atoms with Gasteiger partial charge in [0.2, 0.25) is 0 Å². The van der Waals surface area contributed by atoms with Crippen molar-refractivity contribution in [2.75, 3.05) is 0 Å². The van der Waals surface area contributed by atoms with Gasteiger partial charge in [-0.1, -0.05) is 35.9 Å². The minimum absolute atomic E-state index is 0.241. The number of halogens is 1. The van der Waals surface area contributed by atoms with Crippen molar-refractivity contribution in [2.45, 2.75) is 13.0 Å². The second kappa shape index (κ2) is 6.12. The molecule has 0 aliphatic heterocycles. The predicted molar refractivity (Wildman–Crippen MR) is 102 cm³/mol. The average molecular weight is 367 g/mol. The van der Waals surface area contributed by atoms with Gasteiger partial charge in [0.15, 0.2) is 0 Å². The summed E-state index contributed by atoms with van der Waals surface area (Å²) < 4.78 is 1.19. The molecule has 6 heteroatoms. The molecule has 0 saturated heterocycles. The van der Waals surface area contributed by atoms with Gasteiger partial charge in [0.25, 0.3) is 0 Å². The fourth-order valence-corrected chi connectivity index (χ4v) is 3.41. The number of hydrogen-bond acceptors (Lipinski definition) is 3. The van der Waals surface area contributed by atoms with Gasteiger partial charge >= 0.3 is 6.09 Å². The Morgan fingerprint density at radius 2 is 1.88 bits per heavy atom. The predicted octanol–water partition coefficient (Wildman–Crippen LogP) is 5.09. The first-order chi connectivity index (χ1) is 12.5. The number of aromatic nitrogens is 2. The maximum absolute atomic E-state index is 11.9. The first-order valence-corrected chi connectivity index (χ1v) is 8.46. The van der Waals surface area contributed by atoms with E-state index in [1.165, 1.54) is 4.57 Å². The van der Waals surface area contributed by atoms with Crippen LogP contribution in [0.1, 0.15) is 18.6 Å². The number of nitrogens with zero attached hydrogens (tertiary/aromatic N) is 2. The first-order valence-electron chi connectivity index (χ1n) is 8.08. The van der Waals surface area contributed by atoms with Crippen molar-refractivity contribution in [3.05, 3.63) is 65.3 Å². The molecule has 4 rings (SSSR count). The standard InChI is InChI=1S/C20H15ClN2O3/c1-11(24)12-6-7-17-14(8-12)10-18(23(17)20(25)26)15-9-13-4-2-3-5-16(13)22-19(15)21/h2-11,24H,1H3,(H,25,26). The highest BCUT2D eigenvalue weighted by molar-refractivity contribution is 6.32. The molecule has 0 saturated carbocycles. The van der Waals surface area contributed by atoms with Gasteiger partial charge < -0.3 is 10.2 Å². The molecule has 0 aliphatic rings. The zero-order valence-corrected chi connectivity index (χ0v) is 14.6. The Kier molecular flexibility index (Phi) is 3.90. The molecule has 0 aliphatic carbocycles. The molecule has 2 N–H and O–H groups in total. The number of aliphatic hydroxyl groups excluding tert-OH is 1. The summed E-state index contributed by atoms with van der Waals surface area (Å²) >= 11 is 6.37. The molecule has 26 heavy (non-hydrogen) atoms. The van der Waals surface area contributed by atoms with E-state index < -0.39 is 12.2 Å². The molecule has 0 fully saturated rings. The molecule has 130 valence electrons. The average Bonchev–Trinajstić information content (AvgIpc) is 2.99. The molecule has 0 amide bonds. The smallest absolute Gasteiger partial charge is 0.416 e. The third-order valence-corrected chi connectivity index (χ3v) is 4.74. The summed E-state index contributed by atoms with van der Waals surface area (Å²) in [4.78, 5) is 16.3. The Morgan fingerprint density at radius 1 is 1.12 bits per heavy atom. The number of carboxylic acid groups (broad SMARTS) is 1. The van der Waals surface area contributed by atoms with Crippen molar-refractivity contribution >= 4 is 39.5 Å². The molecule has 0 spiro atoms. The summed E-state index contributed by atoms with van der Waals surface area (Å²) in [7, 11) is 0. The van der Waals surface area contributed by atoms with E-state index in [2.05, 4.69) is 4.98 Å². The number of rotatable bonds is 2. The van der Waals surface area contributed by atoms with Crippen LogP contribution in [0.5, 0.6) is 0 Å². The van der Waals surface area contributed by atoms with Crippen LogP contribution in [0.4, 0.5) is 4.79 Å². The molecule has 4 aromatic rings. The van der Waals surface area contributed by atoms with E-state index in [1.807, 2.05) is 30.3 Å². The van der Waals surface area contributed by atoms with E-state index in [9.17, 15) is 15.0 Å². The van der Waals surface area contributed by atoms with Gasteiger partial charge in [0.1, 0.15) is 5.15 Å². The van der Waals surface area contributed by atoms with E-state index in [4.69, 9.17) is 11.6 Å². The molecule has 1 atom stereocenters. The van der Waals surface area contributed by atoms with Gasteiger partial charge in [-0.2, -0.15) is 0 Å². The summed E-state index contributed by atoms with van der Waals surface area (Å²) in [6, 6.07) is 16.3. The van der Waals surface area contributed by atoms with Crippen LogP contribution in [0, 0.1) is 0 Å². The topological polar surface area (TPSA) is 75.4 Å². The fraction of sp³-hybridized carbons (Fsp3) is 0.100. The number of pyridine rings is 1. The zero-order valence-electron chi connectivity index (χ0n) is 13.8. The Bertz CT molecular complexity index is 1160. The van der Waals surface area contributed by atoms with Gasteiger partial charge in [-0.05, 0) is 42.8 Å². The lowest BCUT2D eigenvalue weighted by atomic mass is 10.1. The lowest BCUT2D eigenvalue weighted by Gasteiger charge is -2.09. The molecule has 2 aromatic carbocycles. The fourth-order valence-electron chi connectivity index (χ4n) is 3.17. The van der Waals surface area contributed by atoms with Crippen molar-refractivity contribution < 1.29 is 15.0 Å². The highest BCUT2D eigenvalue weighted by atomic mass is 35.5. The first kappa shape index (κ1) is 16.6. The van der Waals surface area contributed by atoms with Gasteiger partial charge in [0.05, 0.1) is 22.8 Å². The van der Waals surface area contributed by atoms with Gasteiger partial charge in [-0.3, -0.25) is 0 Å². The van der Waals surface area contributed by atoms with Crippen LogP contribution < -0.4 is 0 Å². The van der Waals surface area contributed by atoms with Crippen LogP contribution in [-0.2, 0) is 0 Å². The Morgan fingerprint density at radius 3 is 2.62 bits per heavy atom. The molecule has 1 unspecified atom stereocenters. The van der Waals surface area contributed by atoms with Crippen molar-refractivity contribution in [3.8, 4) is 11.3 Å². The summed E-state index contributed by atoms with van der Waals surface area (Å²) in [5.74, 6) is 0. The second-order valence-corrected chi connectivity index (χ2v) is 6.52.